The molecule has 1 rings (SSSR count). The number of quaternary nitrogens is 1. The summed E-state index contributed by atoms with van der Waals surface area (Å²) >= 11 is 0. The minimum absolute atomic E-state index is 0.129. The standard InChI is InChI=1S/C19H29N3O3/c1-4-5-6-12-17(23)21-16-11-8-7-10-15(16)18(24)19(25)20-13-9-14-22(2)3/h7-8,10-11H,4-6,9,12-14H2,1-3H3,(H,20,25)(H,21,23)/p+1. The molecule has 6 heteroatoms. The van der Waals surface area contributed by atoms with E-state index < -0.39 is 11.7 Å². The fraction of sp³-hybridized carbons (Fsp3) is 0.526. The first-order valence-corrected chi connectivity index (χ1v) is 8.91. The van der Waals surface area contributed by atoms with Crippen LogP contribution in [0.2, 0.25) is 0 Å². The van der Waals surface area contributed by atoms with Crippen molar-refractivity contribution in [2.45, 2.75) is 39.0 Å². The van der Waals surface area contributed by atoms with Gasteiger partial charge in [0.1, 0.15) is 0 Å². The molecule has 0 fully saturated rings. The summed E-state index contributed by atoms with van der Waals surface area (Å²) in [7, 11) is 3.93. The van der Waals surface area contributed by atoms with Crippen molar-refractivity contribution >= 4 is 23.3 Å². The van der Waals surface area contributed by atoms with Gasteiger partial charge in [-0.15, -0.1) is 0 Å². The molecular weight excluding hydrogens is 318 g/mol. The molecule has 0 unspecified atom stereocenters. The van der Waals surface area contributed by atoms with Gasteiger partial charge >= 0.3 is 5.91 Å². The second-order valence-electron chi connectivity index (χ2n) is 6.39. The number of benzene rings is 1. The molecule has 6 nitrogen and oxygen atoms in total. The van der Waals surface area contributed by atoms with Crippen LogP contribution in [0.15, 0.2) is 24.3 Å². The maximum atomic E-state index is 12.4. The van der Waals surface area contributed by atoms with Gasteiger partial charge in [-0.1, -0.05) is 31.9 Å². The van der Waals surface area contributed by atoms with Crippen molar-refractivity contribution in [1.29, 1.82) is 0 Å². The molecule has 0 spiro atoms. The maximum Gasteiger partial charge on any atom is 0.383 e. The van der Waals surface area contributed by atoms with Crippen LogP contribution in [0.1, 0.15) is 49.4 Å². The molecule has 3 N–H and O–H groups in total. The minimum atomic E-state index is -0.575. The summed E-state index contributed by atoms with van der Waals surface area (Å²) in [4.78, 5) is 38.5. The molecule has 0 radical (unpaired) electrons. The molecule has 0 aliphatic rings. The number of para-hydroxylation sites is 1. The van der Waals surface area contributed by atoms with Crippen molar-refractivity contribution in [2.24, 2.45) is 0 Å². The molecule has 0 atom stereocenters. The summed E-state index contributed by atoms with van der Waals surface area (Å²) in [5.41, 5.74) is 0.657. The summed E-state index contributed by atoms with van der Waals surface area (Å²) in [5, 5.41) is 4.19. The highest BCUT2D eigenvalue weighted by Crippen LogP contribution is 2.16. The number of hydrogen-bond donors (Lipinski definition) is 2. The van der Waals surface area contributed by atoms with E-state index in [1.54, 1.807) is 24.3 Å². The fourth-order valence-corrected chi connectivity index (χ4v) is 2.40. The van der Waals surface area contributed by atoms with Gasteiger partial charge in [0.15, 0.2) is 0 Å². The van der Waals surface area contributed by atoms with Crippen LogP contribution in [0.25, 0.3) is 0 Å². The maximum absolute atomic E-state index is 12.4. The average Bonchev–Trinajstić information content (AvgIpc) is 2.58. The number of nitrogens with zero attached hydrogens (tertiary/aromatic N) is 1. The van der Waals surface area contributed by atoms with Gasteiger partial charge < -0.3 is 10.2 Å². The second-order valence-corrected chi connectivity index (χ2v) is 6.39. The molecule has 0 saturated carbocycles. The smallest absolute Gasteiger partial charge is 0.325 e. The monoisotopic (exact) mass is 348 g/mol. The van der Waals surface area contributed by atoms with E-state index >= 15 is 0 Å². The summed E-state index contributed by atoms with van der Waals surface area (Å²) in [6.45, 7) is 3.50. The molecule has 0 aliphatic heterocycles. The Labute approximate surface area is 150 Å². The summed E-state index contributed by atoms with van der Waals surface area (Å²) in [5.74, 6) is -1.23. The van der Waals surface area contributed by atoms with Crippen LogP contribution in [-0.4, -0.2) is 49.7 Å². The van der Waals surface area contributed by atoms with E-state index in [-0.39, 0.29) is 11.5 Å². The SMILES string of the molecule is CCCCCC(=O)Nc1ccccc1C(=O)C(=O)[NH2+]CCCN(C)C. The van der Waals surface area contributed by atoms with Gasteiger partial charge in [0.2, 0.25) is 5.91 Å². The number of Topliss-reactive ketones (excluding diaryl/α,β-unsaturated/α-hetero) is 1. The average molecular weight is 348 g/mol. The lowest BCUT2D eigenvalue weighted by molar-refractivity contribution is -0.563. The zero-order valence-corrected chi connectivity index (χ0v) is 15.5. The third-order valence-electron chi connectivity index (χ3n) is 3.82. The fourth-order valence-electron chi connectivity index (χ4n) is 2.40. The normalized spacial score (nSPS) is 10.7. The molecule has 0 aliphatic carbocycles. The van der Waals surface area contributed by atoms with Crippen molar-refractivity contribution in [2.75, 3.05) is 32.5 Å². The van der Waals surface area contributed by atoms with Gasteiger partial charge in [-0.05, 0) is 32.6 Å². The van der Waals surface area contributed by atoms with E-state index in [0.29, 0.717) is 18.7 Å². The van der Waals surface area contributed by atoms with Gasteiger partial charge in [0.05, 0.1) is 17.8 Å². The molecule has 2 amide bonds. The Kier molecular flexibility index (Phi) is 9.65. The number of amides is 2. The lowest BCUT2D eigenvalue weighted by Gasteiger charge is -2.10. The number of carbonyl (C=O) groups excluding carboxylic acids is 3. The molecule has 0 aromatic heterocycles. The molecule has 0 heterocycles. The number of ketones is 1. The van der Waals surface area contributed by atoms with Gasteiger partial charge in [-0.2, -0.15) is 0 Å². The van der Waals surface area contributed by atoms with Crippen LogP contribution in [-0.2, 0) is 9.59 Å². The molecular formula is C19H30N3O3+. The molecule has 0 bridgehead atoms. The topological polar surface area (TPSA) is 83.1 Å². The van der Waals surface area contributed by atoms with Crippen molar-refractivity contribution < 1.29 is 19.7 Å². The zero-order valence-electron chi connectivity index (χ0n) is 15.5. The lowest BCUT2D eigenvalue weighted by atomic mass is 10.1. The number of nitrogens with one attached hydrogen (secondary N) is 1. The van der Waals surface area contributed by atoms with Crippen LogP contribution < -0.4 is 10.6 Å². The number of carbonyl (C=O) groups is 3. The van der Waals surface area contributed by atoms with E-state index in [2.05, 4.69) is 12.2 Å². The number of hydrogen-bond acceptors (Lipinski definition) is 4. The van der Waals surface area contributed by atoms with Crippen molar-refractivity contribution in [3.63, 3.8) is 0 Å². The number of unbranched alkanes of at least 4 members (excludes halogenated alkanes) is 2. The Balaban J connectivity index is 2.63. The summed E-state index contributed by atoms with van der Waals surface area (Å²) in [6.07, 6.45) is 4.09. The van der Waals surface area contributed by atoms with E-state index in [1.807, 2.05) is 19.0 Å². The highest BCUT2D eigenvalue weighted by Gasteiger charge is 2.23. The van der Waals surface area contributed by atoms with Crippen LogP contribution >= 0.6 is 0 Å². The third-order valence-corrected chi connectivity index (χ3v) is 3.82. The number of anilines is 1. The Morgan fingerprint density at radius 2 is 1.80 bits per heavy atom. The highest BCUT2D eigenvalue weighted by molar-refractivity contribution is 6.40. The molecule has 138 valence electrons. The Morgan fingerprint density at radius 3 is 2.48 bits per heavy atom. The molecule has 1 aromatic carbocycles. The van der Waals surface area contributed by atoms with Crippen LogP contribution in [0.5, 0.6) is 0 Å². The van der Waals surface area contributed by atoms with E-state index in [1.165, 1.54) is 5.32 Å². The van der Waals surface area contributed by atoms with Crippen LogP contribution in [0.4, 0.5) is 5.69 Å². The molecule has 1 aromatic rings. The van der Waals surface area contributed by atoms with Crippen molar-refractivity contribution in [3.8, 4) is 0 Å². The largest absolute Gasteiger partial charge is 0.383 e. The van der Waals surface area contributed by atoms with Gasteiger partial charge in [0, 0.05) is 19.4 Å². The lowest BCUT2D eigenvalue weighted by Crippen LogP contribution is -2.90. The molecule has 25 heavy (non-hydrogen) atoms. The predicted octanol–water partition coefficient (Wildman–Crippen LogP) is 1.43. The summed E-state index contributed by atoms with van der Waals surface area (Å²) < 4.78 is 0. The van der Waals surface area contributed by atoms with E-state index in [0.717, 1.165) is 32.2 Å². The molecule has 0 saturated heterocycles. The third kappa shape index (κ3) is 8.05. The Bertz CT molecular complexity index is 585. The zero-order chi connectivity index (χ0) is 18.7. The second kappa shape index (κ2) is 11.5. The van der Waals surface area contributed by atoms with E-state index in [9.17, 15) is 14.4 Å². The predicted molar refractivity (Wildman–Crippen MR) is 98.5 cm³/mol. The minimum Gasteiger partial charge on any atom is -0.325 e. The number of rotatable bonds is 11. The number of primary amides is 1. The summed E-state index contributed by atoms with van der Waals surface area (Å²) in [6, 6.07) is 6.67. The highest BCUT2D eigenvalue weighted by atomic mass is 16.2. The van der Waals surface area contributed by atoms with E-state index in [4.69, 9.17) is 0 Å². The van der Waals surface area contributed by atoms with Crippen molar-refractivity contribution in [1.82, 2.24) is 4.90 Å². The quantitative estimate of drug-likeness (QED) is 0.360. The van der Waals surface area contributed by atoms with Crippen LogP contribution in [0, 0.1) is 0 Å². The van der Waals surface area contributed by atoms with Crippen LogP contribution in [0.3, 0.4) is 0 Å². The van der Waals surface area contributed by atoms with Crippen molar-refractivity contribution in [3.05, 3.63) is 29.8 Å². The Morgan fingerprint density at radius 1 is 1.08 bits per heavy atom. The first-order chi connectivity index (χ1) is 12.0. The first-order valence-electron chi connectivity index (χ1n) is 8.91. The van der Waals surface area contributed by atoms with Gasteiger partial charge in [-0.3, -0.25) is 14.9 Å². The van der Waals surface area contributed by atoms with Gasteiger partial charge in [-0.25, -0.2) is 4.79 Å². The Hall–Kier alpha value is -2.05. The van der Waals surface area contributed by atoms with Gasteiger partial charge in [0.25, 0.3) is 5.78 Å². The first kappa shape index (κ1) is 21.0. The number of nitrogens with two attached hydrogens (primary N) is 1.